The Morgan fingerprint density at radius 2 is 1.58 bits per heavy atom. The maximum Gasteiger partial charge on any atom is 0.310 e. The predicted molar refractivity (Wildman–Crippen MR) is 109 cm³/mol. The normalized spacial score (nSPS) is 23.0. The van der Waals surface area contributed by atoms with Gasteiger partial charge in [-0.2, -0.15) is 0 Å². The number of hydrogen-bond acceptors (Lipinski definition) is 8. The van der Waals surface area contributed by atoms with E-state index in [9.17, 15) is 4.79 Å². The second-order valence-corrected chi connectivity index (χ2v) is 7.77. The highest BCUT2D eigenvalue weighted by molar-refractivity contribution is 5.79. The number of hydrogen-bond donors (Lipinski definition) is 0. The van der Waals surface area contributed by atoms with E-state index in [1.807, 2.05) is 18.2 Å². The van der Waals surface area contributed by atoms with E-state index in [-0.39, 0.29) is 30.5 Å². The van der Waals surface area contributed by atoms with Gasteiger partial charge in [-0.05, 0) is 35.7 Å². The molecule has 2 aromatic carbocycles. The molecule has 3 aliphatic rings. The Labute approximate surface area is 179 Å². The smallest absolute Gasteiger partial charge is 0.310 e. The van der Waals surface area contributed by atoms with Crippen LogP contribution in [0.4, 0.5) is 0 Å². The van der Waals surface area contributed by atoms with Crippen LogP contribution in [0.25, 0.3) is 0 Å². The van der Waals surface area contributed by atoms with Gasteiger partial charge in [0.05, 0.1) is 41.0 Å². The zero-order valence-electron chi connectivity index (χ0n) is 17.9. The van der Waals surface area contributed by atoms with Crippen LogP contribution >= 0.6 is 0 Å². The topological polar surface area (TPSA) is 81.7 Å². The molecule has 5 rings (SSSR count). The highest BCUT2D eigenvalue weighted by Crippen LogP contribution is 2.56. The van der Waals surface area contributed by atoms with Gasteiger partial charge in [0.2, 0.25) is 18.3 Å². The summed E-state index contributed by atoms with van der Waals surface area (Å²) in [5, 5.41) is 0. The van der Waals surface area contributed by atoms with Crippen molar-refractivity contribution in [3.8, 4) is 34.5 Å². The lowest BCUT2D eigenvalue weighted by atomic mass is 9.67. The summed E-state index contributed by atoms with van der Waals surface area (Å²) in [6, 6.07) is 5.73. The third-order valence-electron chi connectivity index (χ3n) is 6.39. The maximum atomic E-state index is 12.8. The van der Waals surface area contributed by atoms with E-state index in [0.717, 1.165) is 16.7 Å². The van der Waals surface area contributed by atoms with Crippen LogP contribution in [0.2, 0.25) is 0 Å². The minimum Gasteiger partial charge on any atom is -0.493 e. The molecule has 0 amide bonds. The molecule has 0 unspecified atom stereocenters. The molecule has 0 spiro atoms. The molecule has 0 radical (unpaired) electrons. The first-order valence-corrected chi connectivity index (χ1v) is 10.1. The fourth-order valence-electron chi connectivity index (χ4n) is 5.07. The molecule has 1 fully saturated rings. The van der Waals surface area contributed by atoms with E-state index in [0.29, 0.717) is 47.5 Å². The summed E-state index contributed by atoms with van der Waals surface area (Å²) in [6.07, 6.45) is 0.659. The van der Waals surface area contributed by atoms with Gasteiger partial charge in [-0.3, -0.25) is 4.79 Å². The average molecular weight is 428 g/mol. The monoisotopic (exact) mass is 428 g/mol. The van der Waals surface area contributed by atoms with Gasteiger partial charge in [0, 0.05) is 17.4 Å². The van der Waals surface area contributed by atoms with Crippen LogP contribution in [0.5, 0.6) is 34.5 Å². The first-order chi connectivity index (χ1) is 15.1. The lowest BCUT2D eigenvalue weighted by Crippen LogP contribution is -2.32. The van der Waals surface area contributed by atoms with Crippen LogP contribution in [0.1, 0.15) is 22.6 Å². The molecule has 31 heavy (non-hydrogen) atoms. The zero-order valence-corrected chi connectivity index (χ0v) is 17.9. The van der Waals surface area contributed by atoms with Crippen molar-refractivity contribution in [3.63, 3.8) is 0 Å². The lowest BCUT2D eigenvalue weighted by Gasteiger charge is -2.34. The summed E-state index contributed by atoms with van der Waals surface area (Å²) >= 11 is 0. The van der Waals surface area contributed by atoms with E-state index < -0.39 is 0 Å². The predicted octanol–water partition coefficient (Wildman–Crippen LogP) is 2.93. The largest absolute Gasteiger partial charge is 0.493 e. The molecule has 2 aliphatic heterocycles. The number of cyclic esters (lactones) is 1. The van der Waals surface area contributed by atoms with E-state index in [1.165, 1.54) is 0 Å². The van der Waals surface area contributed by atoms with E-state index >= 15 is 0 Å². The van der Waals surface area contributed by atoms with Gasteiger partial charge in [0.1, 0.15) is 0 Å². The first kappa shape index (κ1) is 19.7. The summed E-state index contributed by atoms with van der Waals surface area (Å²) in [4.78, 5) is 12.8. The standard InChI is InChI=1S/C23H24O8/c1-25-15-6-11(7-16(26-2)21(15)28-4)18-13-8-17-22(31-10-30-17)20(27-3)14(13)5-12-9-29-23(24)19(12)18/h6-8,12,18-19H,5,9-10H2,1-4H3/t12-,18+,19-/m0/s1. The van der Waals surface area contributed by atoms with Crippen molar-refractivity contribution in [1.82, 2.24) is 0 Å². The molecule has 2 heterocycles. The van der Waals surface area contributed by atoms with Gasteiger partial charge in [0.15, 0.2) is 23.0 Å². The van der Waals surface area contributed by atoms with Crippen molar-refractivity contribution >= 4 is 5.97 Å². The molecule has 8 heteroatoms. The third-order valence-corrected chi connectivity index (χ3v) is 6.39. The van der Waals surface area contributed by atoms with Crippen LogP contribution in [0, 0.1) is 11.8 Å². The summed E-state index contributed by atoms with van der Waals surface area (Å²) in [6.45, 7) is 0.514. The van der Waals surface area contributed by atoms with E-state index in [4.69, 9.17) is 33.2 Å². The highest BCUT2D eigenvalue weighted by atomic mass is 16.7. The molecule has 0 N–H and O–H groups in total. The van der Waals surface area contributed by atoms with Crippen LogP contribution in [0.15, 0.2) is 18.2 Å². The Morgan fingerprint density at radius 3 is 2.23 bits per heavy atom. The van der Waals surface area contributed by atoms with Gasteiger partial charge in [-0.1, -0.05) is 0 Å². The van der Waals surface area contributed by atoms with Crippen molar-refractivity contribution in [3.05, 3.63) is 34.9 Å². The molecule has 0 bridgehead atoms. The van der Waals surface area contributed by atoms with Gasteiger partial charge >= 0.3 is 5.97 Å². The Morgan fingerprint density at radius 1 is 0.871 bits per heavy atom. The van der Waals surface area contributed by atoms with E-state index in [1.54, 1.807) is 28.4 Å². The molecule has 3 atom stereocenters. The molecule has 0 saturated carbocycles. The Bertz CT molecular complexity index is 1020. The molecule has 164 valence electrons. The molecular formula is C23H24O8. The summed E-state index contributed by atoms with van der Waals surface area (Å²) in [7, 11) is 6.33. The molecule has 1 saturated heterocycles. The minimum absolute atomic E-state index is 0.0263. The Balaban J connectivity index is 1.76. The lowest BCUT2D eigenvalue weighted by molar-refractivity contribution is -0.141. The van der Waals surface area contributed by atoms with Crippen LogP contribution in [-0.2, 0) is 16.0 Å². The van der Waals surface area contributed by atoms with Crippen molar-refractivity contribution in [2.75, 3.05) is 41.8 Å². The Hall–Kier alpha value is -3.29. The molecule has 1 aliphatic carbocycles. The molecule has 8 nitrogen and oxygen atoms in total. The Kier molecular flexibility index (Phi) is 4.72. The van der Waals surface area contributed by atoms with Gasteiger partial charge in [-0.15, -0.1) is 0 Å². The SMILES string of the molecule is COc1cc([C@@H]2c3cc4c(c(OC)c3C[C@H]3COC(=O)[C@@H]32)OCO4)cc(OC)c1OC. The fourth-order valence-corrected chi connectivity index (χ4v) is 5.07. The number of carbonyl (C=O) groups excluding carboxylic acids is 1. The maximum absolute atomic E-state index is 12.8. The summed E-state index contributed by atoms with van der Waals surface area (Å²) in [5.41, 5.74) is 2.82. The number of esters is 1. The van der Waals surface area contributed by atoms with Gasteiger partial charge < -0.3 is 33.2 Å². The quantitative estimate of drug-likeness (QED) is 0.673. The van der Waals surface area contributed by atoms with Crippen LogP contribution in [0.3, 0.4) is 0 Å². The first-order valence-electron chi connectivity index (χ1n) is 10.1. The van der Waals surface area contributed by atoms with Crippen LogP contribution in [-0.4, -0.2) is 47.8 Å². The minimum atomic E-state index is -0.333. The second kappa shape index (κ2) is 7.44. The summed E-state index contributed by atoms with van der Waals surface area (Å²) < 4.78 is 39.2. The number of rotatable bonds is 5. The zero-order chi connectivity index (χ0) is 21.7. The average Bonchev–Trinajstić information content (AvgIpc) is 3.41. The van der Waals surface area contributed by atoms with Gasteiger partial charge in [-0.25, -0.2) is 0 Å². The molecule has 2 aromatic rings. The second-order valence-electron chi connectivity index (χ2n) is 7.77. The van der Waals surface area contributed by atoms with E-state index in [2.05, 4.69) is 0 Å². The number of carbonyl (C=O) groups is 1. The summed E-state index contributed by atoms with van der Waals surface area (Å²) in [5.74, 6) is 2.62. The number of methoxy groups -OCH3 is 4. The molecular weight excluding hydrogens is 404 g/mol. The van der Waals surface area contributed by atoms with Crippen LogP contribution < -0.4 is 28.4 Å². The fraction of sp³-hybridized carbons (Fsp3) is 0.435. The number of benzene rings is 2. The van der Waals surface area contributed by atoms with Crippen molar-refractivity contribution in [1.29, 1.82) is 0 Å². The van der Waals surface area contributed by atoms with Gasteiger partial charge in [0.25, 0.3) is 0 Å². The molecule has 0 aromatic heterocycles. The number of ether oxygens (including phenoxy) is 7. The highest BCUT2D eigenvalue weighted by Gasteiger charge is 2.49. The third kappa shape index (κ3) is 2.85. The number of fused-ring (bicyclic) bond motifs is 3. The van der Waals surface area contributed by atoms with Crippen molar-refractivity contribution in [2.24, 2.45) is 11.8 Å². The van der Waals surface area contributed by atoms with Crippen molar-refractivity contribution < 1.29 is 38.0 Å². The van der Waals surface area contributed by atoms with Crippen molar-refractivity contribution in [2.45, 2.75) is 12.3 Å².